The number of aromatic nitrogens is 3. The Kier molecular flexibility index (Phi) is 3.52. The van der Waals surface area contributed by atoms with Gasteiger partial charge in [-0.25, -0.2) is 4.98 Å². The highest BCUT2D eigenvalue weighted by Gasteiger charge is 2.30. The zero-order valence-electron chi connectivity index (χ0n) is 15.6. The van der Waals surface area contributed by atoms with Crippen LogP contribution in [-0.2, 0) is 7.05 Å². The molecule has 140 valence electrons. The van der Waals surface area contributed by atoms with Gasteiger partial charge in [-0.15, -0.1) is 0 Å². The van der Waals surface area contributed by atoms with E-state index in [2.05, 4.69) is 10.1 Å². The Balaban J connectivity index is 1.58. The predicted molar refractivity (Wildman–Crippen MR) is 107 cm³/mol. The van der Waals surface area contributed by atoms with Crippen molar-refractivity contribution in [2.24, 2.45) is 7.05 Å². The molecule has 4 aromatic rings. The highest BCUT2D eigenvalue weighted by atomic mass is 16.5. The third-order valence-corrected chi connectivity index (χ3v) is 5.42. The third-order valence-electron chi connectivity index (χ3n) is 5.42. The number of anilines is 1. The summed E-state index contributed by atoms with van der Waals surface area (Å²) in [6.45, 7) is 0.458. The minimum atomic E-state index is -0.110. The van der Waals surface area contributed by atoms with Crippen molar-refractivity contribution in [3.63, 3.8) is 0 Å². The number of amides is 1. The van der Waals surface area contributed by atoms with Crippen molar-refractivity contribution in [2.45, 2.75) is 6.04 Å². The number of aryl methyl sites for hydroxylation is 1. The van der Waals surface area contributed by atoms with E-state index in [-0.39, 0.29) is 11.9 Å². The van der Waals surface area contributed by atoms with Crippen molar-refractivity contribution in [3.05, 3.63) is 59.8 Å². The number of carbonyl (C=O) groups is 1. The number of para-hydroxylation sites is 1. The fourth-order valence-electron chi connectivity index (χ4n) is 3.90. The van der Waals surface area contributed by atoms with Crippen LogP contribution in [0.4, 0.5) is 5.82 Å². The molecule has 1 unspecified atom stereocenters. The smallest absolute Gasteiger partial charge is 0.254 e. The molecule has 28 heavy (non-hydrogen) atoms. The topological polar surface area (TPSA) is 86.3 Å². The van der Waals surface area contributed by atoms with E-state index in [1.165, 1.54) is 0 Å². The number of carbonyl (C=O) groups excluding carboxylic acids is 1. The van der Waals surface area contributed by atoms with E-state index >= 15 is 0 Å². The molecule has 0 bridgehead atoms. The maximum Gasteiger partial charge on any atom is 0.254 e. The number of hydrogen-bond donors (Lipinski definition) is 1. The monoisotopic (exact) mass is 373 g/mol. The van der Waals surface area contributed by atoms with E-state index in [0.29, 0.717) is 18.0 Å². The number of nitrogen functional groups attached to an aromatic ring is 1. The van der Waals surface area contributed by atoms with E-state index < -0.39 is 0 Å². The molecule has 1 aliphatic heterocycles. The molecule has 2 aromatic heterocycles. The first-order valence-electron chi connectivity index (χ1n) is 9.04. The first-order valence-corrected chi connectivity index (χ1v) is 9.04. The van der Waals surface area contributed by atoms with Crippen LogP contribution in [0.1, 0.15) is 22.0 Å². The molecule has 7 heteroatoms. The Morgan fingerprint density at radius 1 is 1.25 bits per heavy atom. The normalized spacial score (nSPS) is 15.6. The lowest BCUT2D eigenvalue weighted by molar-refractivity contribution is 0.0708. The van der Waals surface area contributed by atoms with Crippen LogP contribution in [0, 0.1) is 0 Å². The van der Waals surface area contributed by atoms with Crippen molar-refractivity contribution in [1.82, 2.24) is 19.7 Å². The molecule has 1 aliphatic rings. The van der Waals surface area contributed by atoms with E-state index in [0.717, 1.165) is 33.1 Å². The molecule has 0 fully saturated rings. The van der Waals surface area contributed by atoms with E-state index in [9.17, 15) is 4.79 Å². The fraction of sp³-hybridized carbons (Fsp3) is 0.190. The van der Waals surface area contributed by atoms with E-state index in [1.54, 1.807) is 21.8 Å². The van der Waals surface area contributed by atoms with Gasteiger partial charge >= 0.3 is 0 Å². The van der Waals surface area contributed by atoms with Gasteiger partial charge in [-0.05, 0) is 24.3 Å². The minimum absolute atomic E-state index is 0.0700. The van der Waals surface area contributed by atoms with Crippen molar-refractivity contribution < 1.29 is 9.53 Å². The number of benzene rings is 2. The lowest BCUT2D eigenvalue weighted by atomic mass is 10.0. The van der Waals surface area contributed by atoms with E-state index in [4.69, 9.17) is 10.5 Å². The van der Waals surface area contributed by atoms with Crippen LogP contribution in [0.15, 0.2) is 48.7 Å². The third kappa shape index (κ3) is 2.32. The van der Waals surface area contributed by atoms with Gasteiger partial charge in [0.15, 0.2) is 0 Å². The van der Waals surface area contributed by atoms with Gasteiger partial charge in [-0.2, -0.15) is 5.10 Å². The van der Waals surface area contributed by atoms with Gasteiger partial charge in [0.1, 0.15) is 18.2 Å². The molecule has 2 aromatic carbocycles. The highest BCUT2D eigenvalue weighted by Crippen LogP contribution is 2.36. The van der Waals surface area contributed by atoms with Crippen molar-refractivity contribution in [2.75, 3.05) is 19.4 Å². The molecule has 0 spiro atoms. The molecule has 0 aliphatic carbocycles. The maximum atomic E-state index is 13.2. The number of hydrogen-bond acceptors (Lipinski definition) is 5. The van der Waals surface area contributed by atoms with Crippen LogP contribution < -0.4 is 10.5 Å². The number of fused-ring (bicyclic) bond motifs is 4. The summed E-state index contributed by atoms with van der Waals surface area (Å²) in [5, 5.41) is 5.93. The molecule has 0 saturated heterocycles. The molecule has 5 rings (SSSR count). The summed E-state index contributed by atoms with van der Waals surface area (Å²) < 4.78 is 7.49. The Hall–Kier alpha value is -3.61. The van der Waals surface area contributed by atoms with Gasteiger partial charge in [0, 0.05) is 30.6 Å². The molecule has 2 N–H and O–H groups in total. The molecule has 0 radical (unpaired) electrons. The van der Waals surface area contributed by atoms with Crippen molar-refractivity contribution in [3.8, 4) is 5.75 Å². The average Bonchev–Trinajstić information content (AvgIpc) is 3.31. The van der Waals surface area contributed by atoms with Gasteiger partial charge in [0.05, 0.1) is 28.7 Å². The second kappa shape index (κ2) is 5.95. The summed E-state index contributed by atoms with van der Waals surface area (Å²) in [5.74, 6) is 1.20. The molecule has 7 nitrogen and oxygen atoms in total. The summed E-state index contributed by atoms with van der Waals surface area (Å²) in [7, 11) is 3.66. The fourth-order valence-corrected chi connectivity index (χ4v) is 3.90. The lowest BCUT2D eigenvalue weighted by Gasteiger charge is -2.24. The van der Waals surface area contributed by atoms with Gasteiger partial charge in [0.2, 0.25) is 0 Å². The standard InChI is InChI=1S/C21H19N5O2/c1-25(17-11-28-18-6-4-3-5-13(17)18)21(27)12-7-8-16-14(9-12)19-15(20(22)24-16)10-23-26(19)2/h3-10,17H,11H2,1-2H3,(H2,22,24). The first-order chi connectivity index (χ1) is 13.5. The summed E-state index contributed by atoms with van der Waals surface area (Å²) in [5.41, 5.74) is 9.29. The van der Waals surface area contributed by atoms with Crippen LogP contribution in [0.25, 0.3) is 21.8 Å². The van der Waals surface area contributed by atoms with Gasteiger partial charge in [0.25, 0.3) is 5.91 Å². The number of rotatable bonds is 2. The van der Waals surface area contributed by atoms with Crippen molar-refractivity contribution in [1.29, 1.82) is 0 Å². The van der Waals surface area contributed by atoms with Crippen LogP contribution in [0.5, 0.6) is 5.75 Å². The van der Waals surface area contributed by atoms with Crippen LogP contribution in [-0.4, -0.2) is 39.2 Å². The second-order valence-corrected chi connectivity index (χ2v) is 7.04. The van der Waals surface area contributed by atoms with Gasteiger partial charge < -0.3 is 15.4 Å². The zero-order chi connectivity index (χ0) is 19.4. The molecular weight excluding hydrogens is 354 g/mol. The van der Waals surface area contributed by atoms with Gasteiger partial charge in [-0.3, -0.25) is 9.48 Å². The molecule has 1 amide bonds. The van der Waals surface area contributed by atoms with Crippen LogP contribution in [0.2, 0.25) is 0 Å². The number of likely N-dealkylation sites (N-methyl/N-ethyl adjacent to an activating group) is 1. The van der Waals surface area contributed by atoms with Crippen molar-refractivity contribution >= 4 is 33.5 Å². The quantitative estimate of drug-likeness (QED) is 0.584. The SMILES string of the molecule is CN(C(=O)c1ccc2nc(N)c3cnn(C)c3c2c1)C1COc2ccccc21. The Bertz CT molecular complexity index is 1250. The molecule has 3 heterocycles. The van der Waals surface area contributed by atoms with E-state index in [1.807, 2.05) is 50.5 Å². The average molecular weight is 373 g/mol. The Morgan fingerprint density at radius 3 is 2.93 bits per heavy atom. The summed E-state index contributed by atoms with van der Waals surface area (Å²) >= 11 is 0. The predicted octanol–water partition coefficient (Wildman–Crippen LogP) is 2.91. The largest absolute Gasteiger partial charge is 0.491 e. The summed E-state index contributed by atoms with van der Waals surface area (Å²) in [6.07, 6.45) is 1.70. The summed E-state index contributed by atoms with van der Waals surface area (Å²) in [4.78, 5) is 19.4. The van der Waals surface area contributed by atoms with Crippen LogP contribution in [0.3, 0.4) is 0 Å². The molecule has 1 atom stereocenters. The van der Waals surface area contributed by atoms with Gasteiger partial charge in [-0.1, -0.05) is 18.2 Å². The highest BCUT2D eigenvalue weighted by molar-refractivity contribution is 6.10. The Morgan fingerprint density at radius 2 is 2.07 bits per heavy atom. The Labute approximate surface area is 161 Å². The zero-order valence-corrected chi connectivity index (χ0v) is 15.6. The number of nitrogens with two attached hydrogens (primary N) is 1. The first kappa shape index (κ1) is 16.6. The second-order valence-electron chi connectivity index (χ2n) is 7.04. The molecular formula is C21H19N5O2. The lowest BCUT2D eigenvalue weighted by Crippen LogP contribution is -2.32. The summed E-state index contributed by atoms with van der Waals surface area (Å²) in [6, 6.07) is 13.2. The maximum absolute atomic E-state index is 13.2. The minimum Gasteiger partial charge on any atom is -0.491 e. The number of ether oxygens (including phenoxy) is 1. The number of nitrogens with zero attached hydrogens (tertiary/aromatic N) is 4. The number of pyridine rings is 1. The molecule has 0 saturated carbocycles. The van der Waals surface area contributed by atoms with Crippen LogP contribution >= 0.6 is 0 Å².